The van der Waals surface area contributed by atoms with Crippen molar-refractivity contribution in [2.45, 2.75) is 6.04 Å². The molecule has 1 rings (SSSR count). The van der Waals surface area contributed by atoms with E-state index in [9.17, 15) is 9.59 Å². The van der Waals surface area contributed by atoms with E-state index in [1.54, 1.807) is 12.1 Å². The van der Waals surface area contributed by atoms with Crippen molar-refractivity contribution < 1.29 is 9.59 Å². The van der Waals surface area contributed by atoms with Crippen LogP contribution in [0.5, 0.6) is 0 Å². The van der Waals surface area contributed by atoms with E-state index >= 15 is 0 Å². The van der Waals surface area contributed by atoms with Gasteiger partial charge in [0.1, 0.15) is 12.3 Å². The Balaban J connectivity index is 2.79. The molecule has 0 saturated carbocycles. The van der Waals surface area contributed by atoms with Crippen LogP contribution in [0.1, 0.15) is 11.6 Å². The van der Waals surface area contributed by atoms with Crippen molar-refractivity contribution in [2.75, 3.05) is 0 Å². The highest BCUT2D eigenvalue weighted by molar-refractivity contribution is 5.66. The number of carbonyl (C=O) groups excluding carboxylic acids is 2. The molecule has 12 heavy (non-hydrogen) atoms. The molecule has 3 nitrogen and oxygen atoms in total. The lowest BCUT2D eigenvalue weighted by Gasteiger charge is -2.07. The molecule has 0 aliphatic rings. The summed E-state index contributed by atoms with van der Waals surface area (Å²) < 4.78 is 0. The minimum Gasteiger partial charge on any atom is -0.345 e. The summed E-state index contributed by atoms with van der Waals surface area (Å²) in [6.45, 7) is 0. The van der Waals surface area contributed by atoms with E-state index in [1.807, 2.05) is 18.2 Å². The van der Waals surface area contributed by atoms with Crippen molar-refractivity contribution in [3.8, 4) is 0 Å². The van der Waals surface area contributed by atoms with E-state index in [4.69, 9.17) is 0 Å². The summed E-state index contributed by atoms with van der Waals surface area (Å²) in [5, 5.41) is 2.40. The van der Waals surface area contributed by atoms with Crippen molar-refractivity contribution >= 4 is 12.7 Å². The molecule has 0 fully saturated rings. The lowest BCUT2D eigenvalue weighted by molar-refractivity contribution is -0.115. The first-order valence-electron chi connectivity index (χ1n) is 3.58. The van der Waals surface area contributed by atoms with Crippen LogP contribution in [0.3, 0.4) is 0 Å². The van der Waals surface area contributed by atoms with Gasteiger partial charge in [-0.05, 0) is 5.56 Å². The number of hydrogen-bond donors (Lipinski definition) is 1. The van der Waals surface area contributed by atoms with Gasteiger partial charge in [-0.2, -0.15) is 0 Å². The highest BCUT2D eigenvalue weighted by Crippen LogP contribution is 2.08. The third-order valence-corrected chi connectivity index (χ3v) is 1.54. The molecule has 0 aromatic heterocycles. The third-order valence-electron chi connectivity index (χ3n) is 1.54. The Labute approximate surface area is 70.4 Å². The molecule has 0 aliphatic heterocycles. The number of benzene rings is 1. The lowest BCUT2D eigenvalue weighted by Crippen LogP contribution is -2.20. The average Bonchev–Trinajstić information content (AvgIpc) is 2.15. The molecule has 1 aromatic rings. The first-order chi connectivity index (χ1) is 5.88. The molecule has 0 radical (unpaired) electrons. The van der Waals surface area contributed by atoms with Gasteiger partial charge in [0.25, 0.3) is 0 Å². The van der Waals surface area contributed by atoms with E-state index in [-0.39, 0.29) is 0 Å². The van der Waals surface area contributed by atoms with Crippen LogP contribution in [0, 0.1) is 0 Å². The first-order valence-corrected chi connectivity index (χ1v) is 3.58. The highest BCUT2D eigenvalue weighted by Gasteiger charge is 2.06. The maximum atomic E-state index is 10.5. The van der Waals surface area contributed by atoms with Crippen molar-refractivity contribution in [1.82, 2.24) is 5.32 Å². The summed E-state index contributed by atoms with van der Waals surface area (Å²) in [4.78, 5) is 20.6. The zero-order valence-electron chi connectivity index (χ0n) is 6.44. The monoisotopic (exact) mass is 163 g/mol. The highest BCUT2D eigenvalue weighted by atomic mass is 16.1. The van der Waals surface area contributed by atoms with Gasteiger partial charge in [-0.1, -0.05) is 30.3 Å². The number of amides is 1. The molecule has 1 amide bonds. The molecular formula is C9H9NO2. The molecule has 0 saturated heterocycles. The minimum atomic E-state index is -0.524. The van der Waals surface area contributed by atoms with E-state index in [0.717, 1.165) is 5.56 Å². The van der Waals surface area contributed by atoms with Crippen LogP contribution in [-0.2, 0) is 9.59 Å². The molecule has 0 unspecified atom stereocenters. The van der Waals surface area contributed by atoms with Gasteiger partial charge in [0.2, 0.25) is 6.41 Å². The Bertz CT molecular complexity index is 258. The quantitative estimate of drug-likeness (QED) is 0.663. The van der Waals surface area contributed by atoms with Gasteiger partial charge in [-0.15, -0.1) is 0 Å². The Morgan fingerprint density at radius 1 is 1.17 bits per heavy atom. The smallest absolute Gasteiger partial charge is 0.207 e. The van der Waals surface area contributed by atoms with E-state index in [1.165, 1.54) is 0 Å². The van der Waals surface area contributed by atoms with Gasteiger partial charge in [-0.3, -0.25) is 4.79 Å². The van der Waals surface area contributed by atoms with Gasteiger partial charge in [0.15, 0.2) is 0 Å². The number of hydrogen-bond acceptors (Lipinski definition) is 2. The molecule has 3 heteroatoms. The number of carbonyl (C=O) groups is 2. The Kier molecular flexibility index (Phi) is 3.02. The predicted molar refractivity (Wildman–Crippen MR) is 44.4 cm³/mol. The number of aldehydes is 1. The molecule has 1 aromatic carbocycles. The normalized spacial score (nSPS) is 11.7. The number of nitrogens with one attached hydrogen (secondary N) is 1. The molecule has 1 N–H and O–H groups in total. The SMILES string of the molecule is O=CN[C@H](C=O)c1ccccc1. The van der Waals surface area contributed by atoms with Crippen molar-refractivity contribution in [1.29, 1.82) is 0 Å². The Morgan fingerprint density at radius 2 is 1.83 bits per heavy atom. The summed E-state index contributed by atoms with van der Waals surface area (Å²) in [6.07, 6.45) is 1.22. The summed E-state index contributed by atoms with van der Waals surface area (Å²) in [5.74, 6) is 0. The predicted octanol–water partition coefficient (Wildman–Crippen LogP) is 0.673. The molecule has 1 atom stereocenters. The summed E-state index contributed by atoms with van der Waals surface area (Å²) in [7, 11) is 0. The summed E-state index contributed by atoms with van der Waals surface area (Å²) in [5.41, 5.74) is 0.791. The second-order valence-electron chi connectivity index (χ2n) is 2.31. The van der Waals surface area contributed by atoms with E-state index in [0.29, 0.717) is 12.7 Å². The summed E-state index contributed by atoms with van der Waals surface area (Å²) in [6, 6.07) is 8.54. The van der Waals surface area contributed by atoms with E-state index in [2.05, 4.69) is 5.32 Å². The fourth-order valence-electron chi connectivity index (χ4n) is 0.948. The zero-order valence-corrected chi connectivity index (χ0v) is 6.44. The molecule has 0 bridgehead atoms. The molecule has 0 aliphatic carbocycles. The molecule has 62 valence electrons. The second-order valence-corrected chi connectivity index (χ2v) is 2.31. The molecular weight excluding hydrogens is 154 g/mol. The number of rotatable bonds is 4. The van der Waals surface area contributed by atoms with Crippen LogP contribution in [0.25, 0.3) is 0 Å². The largest absolute Gasteiger partial charge is 0.345 e. The zero-order chi connectivity index (χ0) is 8.81. The van der Waals surface area contributed by atoms with Gasteiger partial charge in [-0.25, -0.2) is 0 Å². The van der Waals surface area contributed by atoms with Crippen molar-refractivity contribution in [3.05, 3.63) is 35.9 Å². The average molecular weight is 163 g/mol. The minimum absolute atomic E-state index is 0.520. The van der Waals surface area contributed by atoms with Crippen LogP contribution < -0.4 is 5.32 Å². The maximum absolute atomic E-state index is 10.5. The maximum Gasteiger partial charge on any atom is 0.207 e. The van der Waals surface area contributed by atoms with Gasteiger partial charge < -0.3 is 10.1 Å². The Morgan fingerprint density at radius 3 is 2.33 bits per heavy atom. The van der Waals surface area contributed by atoms with Gasteiger partial charge in [0, 0.05) is 0 Å². The Hall–Kier alpha value is -1.64. The second kappa shape index (κ2) is 4.28. The fraction of sp³-hybridized carbons (Fsp3) is 0.111. The molecule has 0 heterocycles. The van der Waals surface area contributed by atoms with Crippen LogP contribution in [0.15, 0.2) is 30.3 Å². The third kappa shape index (κ3) is 1.92. The topological polar surface area (TPSA) is 46.2 Å². The van der Waals surface area contributed by atoms with Gasteiger partial charge in [0.05, 0.1) is 0 Å². The standard InChI is InChI=1S/C9H9NO2/c11-6-9(10-7-12)8-4-2-1-3-5-8/h1-7,9H,(H,10,12)/t9-/m1/s1. The van der Waals surface area contributed by atoms with Crippen LogP contribution in [-0.4, -0.2) is 12.7 Å². The van der Waals surface area contributed by atoms with Crippen molar-refractivity contribution in [2.24, 2.45) is 0 Å². The van der Waals surface area contributed by atoms with Crippen LogP contribution in [0.4, 0.5) is 0 Å². The first kappa shape index (κ1) is 8.46. The van der Waals surface area contributed by atoms with Crippen molar-refractivity contribution in [3.63, 3.8) is 0 Å². The summed E-state index contributed by atoms with van der Waals surface area (Å²) >= 11 is 0. The van der Waals surface area contributed by atoms with Gasteiger partial charge >= 0.3 is 0 Å². The van der Waals surface area contributed by atoms with Crippen LogP contribution >= 0.6 is 0 Å². The van der Waals surface area contributed by atoms with Crippen LogP contribution in [0.2, 0.25) is 0 Å². The van der Waals surface area contributed by atoms with E-state index < -0.39 is 6.04 Å². The fourth-order valence-corrected chi connectivity index (χ4v) is 0.948. The molecule has 0 spiro atoms. The lowest BCUT2D eigenvalue weighted by atomic mass is 10.1.